The second kappa shape index (κ2) is 7.77. The summed E-state index contributed by atoms with van der Waals surface area (Å²) in [6.45, 7) is 0.487. The topological polar surface area (TPSA) is 89.3 Å². The quantitative estimate of drug-likeness (QED) is 0.618. The van der Waals surface area contributed by atoms with Crippen LogP contribution in [0.25, 0.3) is 0 Å². The van der Waals surface area contributed by atoms with E-state index in [2.05, 4.69) is 15.4 Å². The molecular formula is C20H18N4O3S. The van der Waals surface area contributed by atoms with Crippen molar-refractivity contribution >= 4 is 23.7 Å². The molecule has 0 saturated heterocycles. The lowest BCUT2D eigenvalue weighted by Crippen LogP contribution is -2.24. The van der Waals surface area contributed by atoms with Crippen LogP contribution < -0.4 is 10.1 Å². The second-order valence-corrected chi connectivity index (χ2v) is 6.94. The van der Waals surface area contributed by atoms with Gasteiger partial charge in [-0.25, -0.2) is 9.48 Å². The van der Waals surface area contributed by atoms with E-state index in [-0.39, 0.29) is 11.7 Å². The van der Waals surface area contributed by atoms with Gasteiger partial charge in [0.1, 0.15) is 24.1 Å². The maximum Gasteiger partial charge on any atom is 0.352 e. The van der Waals surface area contributed by atoms with Gasteiger partial charge in [-0.3, -0.25) is 0 Å². The Bertz CT molecular complexity index is 1020. The van der Waals surface area contributed by atoms with Gasteiger partial charge in [0.05, 0.1) is 0 Å². The predicted octanol–water partition coefficient (Wildman–Crippen LogP) is 3.56. The first-order valence-corrected chi connectivity index (χ1v) is 9.86. The van der Waals surface area contributed by atoms with E-state index in [1.54, 1.807) is 10.8 Å². The number of aliphatic carboxylic acids is 1. The predicted molar refractivity (Wildman–Crippen MR) is 106 cm³/mol. The van der Waals surface area contributed by atoms with E-state index in [4.69, 9.17) is 4.74 Å². The summed E-state index contributed by atoms with van der Waals surface area (Å²) in [6.07, 6.45) is 3.51. The van der Waals surface area contributed by atoms with E-state index in [9.17, 15) is 9.90 Å². The molecule has 0 fully saturated rings. The van der Waals surface area contributed by atoms with Gasteiger partial charge in [-0.05, 0) is 35.6 Å². The van der Waals surface area contributed by atoms with Gasteiger partial charge in [-0.2, -0.15) is 4.98 Å². The molecule has 0 radical (unpaired) electrons. The zero-order valence-electron chi connectivity index (χ0n) is 15.1. The number of carboxylic acids is 1. The highest BCUT2D eigenvalue weighted by Gasteiger charge is 2.27. The number of ether oxygens (including phenoxy) is 1. The molecule has 0 amide bonds. The number of nitrogens with one attached hydrogen (secondary N) is 1. The Morgan fingerprint density at radius 3 is 2.64 bits per heavy atom. The Kier molecular flexibility index (Phi) is 5.03. The van der Waals surface area contributed by atoms with Gasteiger partial charge in [0.15, 0.2) is 0 Å². The molecule has 0 saturated carbocycles. The molecule has 3 aromatic rings. The molecule has 0 aliphatic carbocycles. The zero-order valence-corrected chi connectivity index (χ0v) is 15.9. The van der Waals surface area contributed by atoms with Crippen molar-refractivity contribution < 1.29 is 14.6 Å². The van der Waals surface area contributed by atoms with Gasteiger partial charge in [-0.1, -0.05) is 54.2 Å². The van der Waals surface area contributed by atoms with Crippen LogP contribution in [0.4, 0.5) is 5.95 Å². The number of hydrogen-bond donors (Lipinski definition) is 2. The first-order chi connectivity index (χ1) is 13.6. The van der Waals surface area contributed by atoms with Gasteiger partial charge < -0.3 is 15.2 Å². The first-order valence-electron chi connectivity index (χ1n) is 8.63. The van der Waals surface area contributed by atoms with Crippen molar-refractivity contribution in [2.45, 2.75) is 17.8 Å². The monoisotopic (exact) mass is 394 g/mol. The molecule has 2 aromatic carbocycles. The number of carboxylic acid groups (broad SMARTS) is 1. The number of hydrogen-bond acceptors (Lipinski definition) is 6. The molecule has 8 heteroatoms. The molecule has 4 rings (SSSR count). The number of rotatable bonds is 6. The molecule has 1 aliphatic heterocycles. The van der Waals surface area contributed by atoms with E-state index < -0.39 is 5.97 Å². The number of benzene rings is 2. The third-order valence-electron chi connectivity index (χ3n) is 4.33. The summed E-state index contributed by atoms with van der Waals surface area (Å²) in [6, 6.07) is 17.2. The maximum atomic E-state index is 11.5. The Morgan fingerprint density at radius 1 is 1.21 bits per heavy atom. The fourth-order valence-corrected chi connectivity index (χ4v) is 3.27. The number of allylic oxidation sites excluding steroid dienone is 1. The van der Waals surface area contributed by atoms with Crippen LogP contribution in [0.1, 0.15) is 17.2 Å². The molecule has 1 aromatic heterocycles. The molecule has 2 N–H and O–H groups in total. The second-order valence-electron chi connectivity index (χ2n) is 6.17. The van der Waals surface area contributed by atoms with Gasteiger partial charge >= 0.3 is 5.97 Å². The first kappa shape index (κ1) is 18.1. The summed E-state index contributed by atoms with van der Waals surface area (Å²) in [5, 5.41) is 17.3. The van der Waals surface area contributed by atoms with Gasteiger partial charge in [0.25, 0.3) is 0 Å². The Morgan fingerprint density at radius 2 is 1.96 bits per heavy atom. The standard InChI is InChI=1S/C20H18N4O3S/c1-28-20-22-19-21-16(18(25)26)11-17(24(19)23-20)14-7-9-15(10-8-14)27-12-13-5-3-2-4-6-13/h2-11,17H,12H2,1H3,(H,25,26)(H,21,22,23). The van der Waals surface area contributed by atoms with Crippen LogP contribution >= 0.6 is 11.8 Å². The summed E-state index contributed by atoms with van der Waals surface area (Å²) in [5.41, 5.74) is 2.07. The Hall–Kier alpha value is -3.26. The average Bonchev–Trinajstić information content (AvgIpc) is 3.16. The van der Waals surface area contributed by atoms with Crippen LogP contribution in [-0.2, 0) is 11.4 Å². The minimum Gasteiger partial charge on any atom is -0.489 e. The van der Waals surface area contributed by atoms with E-state index in [1.165, 1.54) is 11.8 Å². The lowest BCUT2D eigenvalue weighted by Gasteiger charge is -2.22. The SMILES string of the molecule is CSc1nc2n(n1)C(c1ccc(OCc3ccccc3)cc1)C=C(C(=O)O)N2. The van der Waals surface area contributed by atoms with Crippen molar-refractivity contribution in [1.82, 2.24) is 14.8 Å². The molecule has 0 bridgehead atoms. The maximum absolute atomic E-state index is 11.5. The number of anilines is 1. The van der Waals surface area contributed by atoms with Crippen LogP contribution in [0, 0.1) is 0 Å². The minimum absolute atomic E-state index is 0.0851. The normalized spacial score (nSPS) is 15.3. The fraction of sp³-hybridized carbons (Fsp3) is 0.150. The van der Waals surface area contributed by atoms with E-state index in [1.807, 2.05) is 60.9 Å². The third kappa shape index (κ3) is 3.72. The van der Waals surface area contributed by atoms with Crippen molar-refractivity contribution in [2.24, 2.45) is 0 Å². The van der Waals surface area contributed by atoms with Crippen LogP contribution in [0.3, 0.4) is 0 Å². The summed E-state index contributed by atoms with van der Waals surface area (Å²) in [5.74, 6) is 0.124. The van der Waals surface area contributed by atoms with Crippen molar-refractivity contribution in [3.63, 3.8) is 0 Å². The number of aromatic nitrogens is 3. The smallest absolute Gasteiger partial charge is 0.352 e. The number of nitrogens with zero attached hydrogens (tertiary/aromatic N) is 3. The Labute approximate surface area is 166 Å². The molecule has 1 unspecified atom stereocenters. The van der Waals surface area contributed by atoms with E-state index in [0.717, 1.165) is 16.9 Å². The summed E-state index contributed by atoms with van der Waals surface area (Å²) < 4.78 is 7.52. The number of carbonyl (C=O) groups is 1. The summed E-state index contributed by atoms with van der Waals surface area (Å²) >= 11 is 1.40. The van der Waals surface area contributed by atoms with Gasteiger partial charge in [0, 0.05) is 0 Å². The van der Waals surface area contributed by atoms with Crippen molar-refractivity contribution in [3.8, 4) is 5.75 Å². The highest BCUT2D eigenvalue weighted by Crippen LogP contribution is 2.31. The molecule has 1 atom stereocenters. The van der Waals surface area contributed by atoms with E-state index in [0.29, 0.717) is 17.7 Å². The van der Waals surface area contributed by atoms with Crippen LogP contribution in [0.5, 0.6) is 5.75 Å². The van der Waals surface area contributed by atoms with Gasteiger partial charge in [-0.15, -0.1) is 5.10 Å². The highest BCUT2D eigenvalue weighted by molar-refractivity contribution is 7.98. The number of thioether (sulfide) groups is 1. The lowest BCUT2D eigenvalue weighted by molar-refractivity contribution is -0.132. The minimum atomic E-state index is -1.03. The molecule has 28 heavy (non-hydrogen) atoms. The van der Waals surface area contributed by atoms with Crippen LogP contribution in [0.2, 0.25) is 0 Å². The average molecular weight is 394 g/mol. The zero-order chi connectivity index (χ0) is 19.5. The van der Waals surface area contributed by atoms with Crippen molar-refractivity contribution in [1.29, 1.82) is 0 Å². The van der Waals surface area contributed by atoms with Crippen molar-refractivity contribution in [3.05, 3.63) is 77.5 Å². The molecule has 142 valence electrons. The highest BCUT2D eigenvalue weighted by atomic mass is 32.2. The van der Waals surface area contributed by atoms with E-state index >= 15 is 0 Å². The summed E-state index contributed by atoms with van der Waals surface area (Å²) in [4.78, 5) is 15.8. The van der Waals surface area contributed by atoms with Crippen molar-refractivity contribution in [2.75, 3.05) is 11.6 Å². The molecule has 2 heterocycles. The fourth-order valence-electron chi connectivity index (χ4n) is 2.92. The molecule has 1 aliphatic rings. The molecular weight excluding hydrogens is 376 g/mol. The van der Waals surface area contributed by atoms with Crippen LogP contribution in [-0.4, -0.2) is 32.1 Å². The lowest BCUT2D eigenvalue weighted by atomic mass is 10.0. The molecule has 0 spiro atoms. The van der Waals surface area contributed by atoms with Gasteiger partial charge in [0.2, 0.25) is 11.1 Å². The van der Waals surface area contributed by atoms with Crippen LogP contribution in [0.15, 0.2) is 71.5 Å². The summed E-state index contributed by atoms with van der Waals surface area (Å²) in [7, 11) is 0. The molecule has 7 nitrogen and oxygen atoms in total. The third-order valence-corrected chi connectivity index (χ3v) is 4.87. The largest absolute Gasteiger partial charge is 0.489 e. The number of fused-ring (bicyclic) bond motifs is 1. The Balaban J connectivity index is 1.57.